The molecule has 0 aromatic carbocycles. The van der Waals surface area contributed by atoms with Gasteiger partial charge in [-0.25, -0.2) is 0 Å². The van der Waals surface area contributed by atoms with Gasteiger partial charge in [-0.15, -0.1) is 0 Å². The second-order valence-electron chi connectivity index (χ2n) is 13.9. The van der Waals surface area contributed by atoms with Crippen LogP contribution in [0.2, 0.25) is 0 Å². The van der Waals surface area contributed by atoms with Crippen molar-refractivity contribution < 1.29 is 19.4 Å². The van der Waals surface area contributed by atoms with Gasteiger partial charge in [0.15, 0.2) is 0 Å². The molecule has 1 heterocycles. The molecule has 36 heavy (non-hydrogen) atoms. The van der Waals surface area contributed by atoms with Crippen molar-refractivity contribution in [1.29, 1.82) is 0 Å². The number of hydrogen-bond donors (Lipinski definition) is 1. The van der Waals surface area contributed by atoms with Gasteiger partial charge in [-0.3, -0.25) is 4.79 Å². The number of carboxylic acids is 1. The molecule has 4 saturated carbocycles. The summed E-state index contributed by atoms with van der Waals surface area (Å²) in [5.41, 5.74) is -1.33. The van der Waals surface area contributed by atoms with Gasteiger partial charge in [0.2, 0.25) is 0 Å². The Hall–Kier alpha value is -0.430. The van der Waals surface area contributed by atoms with Crippen LogP contribution in [-0.4, -0.2) is 34.0 Å². The van der Waals surface area contributed by atoms with E-state index in [1.54, 1.807) is 0 Å². The van der Waals surface area contributed by atoms with Crippen molar-refractivity contribution in [2.24, 2.45) is 57.7 Å². The highest BCUT2D eigenvalue weighted by molar-refractivity contribution is 14.1. The van der Waals surface area contributed by atoms with E-state index in [-0.39, 0.29) is 30.0 Å². The third-order valence-corrected chi connectivity index (χ3v) is 13.3. The first-order chi connectivity index (χ1) is 17.3. The summed E-state index contributed by atoms with van der Waals surface area (Å²) in [4.78, 5) is 27.1. The van der Waals surface area contributed by atoms with E-state index >= 15 is 0 Å². The van der Waals surface area contributed by atoms with Crippen LogP contribution in [0.15, 0.2) is 11.6 Å². The summed E-state index contributed by atoms with van der Waals surface area (Å²) < 4.78 is 8.03. The highest BCUT2D eigenvalue weighted by atomic mass is 127. The topological polar surface area (TPSA) is 63.6 Å². The van der Waals surface area contributed by atoms with Crippen LogP contribution in [0.3, 0.4) is 0 Å². The molecule has 0 aromatic heterocycles. The van der Waals surface area contributed by atoms with E-state index in [9.17, 15) is 14.7 Å². The van der Waals surface area contributed by atoms with Gasteiger partial charge in [0.05, 0.1) is 17.6 Å². The zero-order valence-electron chi connectivity index (χ0n) is 22.4. The number of aldehydes is 1. The minimum atomic E-state index is -1.11. The van der Waals surface area contributed by atoms with Crippen molar-refractivity contribution >= 4 is 34.8 Å². The number of allylic oxidation sites excluding steroid dienone is 1. The molecule has 5 fully saturated rings. The second kappa shape index (κ2) is 9.06. The first-order valence-corrected chi connectivity index (χ1v) is 16.4. The van der Waals surface area contributed by atoms with E-state index in [1.807, 2.05) is 0 Å². The Morgan fingerprint density at radius 2 is 1.94 bits per heavy atom. The minimum absolute atomic E-state index is 0.0602. The van der Waals surface area contributed by atoms with Gasteiger partial charge in [0, 0.05) is 9.84 Å². The van der Waals surface area contributed by atoms with Crippen LogP contribution in [0.25, 0.3) is 0 Å². The lowest BCUT2D eigenvalue weighted by Gasteiger charge is -2.60. The normalized spacial score (nSPS) is 49.9. The van der Waals surface area contributed by atoms with E-state index in [1.165, 1.54) is 38.5 Å². The van der Waals surface area contributed by atoms with Gasteiger partial charge in [-0.1, -0.05) is 93.5 Å². The molecule has 6 aliphatic rings. The molecule has 0 amide bonds. The first kappa shape index (κ1) is 25.8. The predicted molar refractivity (Wildman–Crippen MR) is 149 cm³/mol. The van der Waals surface area contributed by atoms with Crippen LogP contribution in [0.1, 0.15) is 91.4 Å². The summed E-state index contributed by atoms with van der Waals surface area (Å²) >= 11 is 2.49. The highest BCUT2D eigenvalue weighted by Gasteiger charge is 2.86. The molecular weight excluding hydrogens is 563 g/mol. The maximum Gasteiger partial charge on any atom is 0.315 e. The molecule has 1 aliphatic heterocycles. The van der Waals surface area contributed by atoms with Gasteiger partial charge in [-0.05, 0) is 73.5 Å². The number of halogens is 1. The van der Waals surface area contributed by atoms with Crippen LogP contribution in [0.4, 0.5) is 0 Å². The summed E-state index contributed by atoms with van der Waals surface area (Å²) in [5.74, 6) is 2.03. The van der Waals surface area contributed by atoms with Crippen LogP contribution in [0.5, 0.6) is 0 Å². The molecule has 1 N–H and O–H groups in total. The van der Waals surface area contributed by atoms with Crippen LogP contribution >= 0.6 is 22.6 Å². The van der Waals surface area contributed by atoms with Crippen molar-refractivity contribution in [2.45, 2.75) is 104 Å². The minimum Gasteiger partial charge on any atom is -0.481 e. The maximum absolute atomic E-state index is 13.8. The Bertz CT molecular complexity index is 939. The molecule has 200 valence electrons. The van der Waals surface area contributed by atoms with Crippen LogP contribution in [-0.2, 0) is 14.3 Å². The summed E-state index contributed by atoms with van der Waals surface area (Å²) in [6.07, 6.45) is 16.4. The molecule has 0 radical (unpaired) electrons. The van der Waals surface area contributed by atoms with E-state index in [4.69, 9.17) is 4.74 Å². The number of carbonyl (C=O) groups is 2. The van der Waals surface area contributed by atoms with Crippen LogP contribution in [0, 0.1) is 57.7 Å². The lowest BCUT2D eigenvalue weighted by molar-refractivity contribution is -0.196. The van der Waals surface area contributed by atoms with Crippen molar-refractivity contribution in [3.05, 3.63) is 11.6 Å². The number of ether oxygens (including phenoxy) is 1. The van der Waals surface area contributed by atoms with E-state index in [0.29, 0.717) is 17.8 Å². The fraction of sp³-hybridized carbons (Fsp3) is 0.871. The Labute approximate surface area is 230 Å². The van der Waals surface area contributed by atoms with Gasteiger partial charge in [0.1, 0.15) is 11.7 Å². The van der Waals surface area contributed by atoms with Gasteiger partial charge >= 0.3 is 5.97 Å². The average molecular weight is 609 g/mol. The standard InChI is InChI=1S/C31H45IO4/c1-18(2)25-13-22-14-29(17-33)24-10-9-19(3)23(24)15-30(22,31(25,29)28(34)35)27-12-21(26(16-32)36-27)11-20-7-5-4-6-8-20/h13,17-24,26-27H,4-12,14-16H2,1-3H3,(H,34,35)/t19-,21?,22?,23-,24-,26?,27?,29?,30?,31?/m1/s1. The SMILES string of the molecule is CC(C)C1=CC2CC3(C=O)[C@@H]4CC[C@@H](C)[C@H]4CC2(C2CC(CC4CCCCC4)C(CI)O2)C13C(=O)O. The number of aliphatic carboxylic acids is 1. The number of alkyl halides is 1. The second-order valence-corrected chi connectivity index (χ2v) is 14.8. The fourth-order valence-corrected chi connectivity index (χ4v) is 12.2. The van der Waals surface area contributed by atoms with Gasteiger partial charge < -0.3 is 14.6 Å². The summed E-state index contributed by atoms with van der Waals surface area (Å²) in [6, 6.07) is 0. The lowest BCUT2D eigenvalue weighted by atomic mass is 9.41. The molecular formula is C31H45IO4. The lowest BCUT2D eigenvalue weighted by Crippen LogP contribution is -2.65. The zero-order valence-corrected chi connectivity index (χ0v) is 24.5. The molecule has 7 unspecified atom stereocenters. The number of carboxylic acid groups (broad SMARTS) is 1. The van der Waals surface area contributed by atoms with Gasteiger partial charge in [-0.2, -0.15) is 0 Å². The molecule has 5 aliphatic carbocycles. The molecule has 6 rings (SSSR count). The highest BCUT2D eigenvalue weighted by Crippen LogP contribution is 2.84. The Morgan fingerprint density at radius 1 is 1.19 bits per heavy atom. The molecule has 4 nitrogen and oxygen atoms in total. The largest absolute Gasteiger partial charge is 0.481 e. The van der Waals surface area contributed by atoms with E-state index in [0.717, 1.165) is 54.3 Å². The maximum atomic E-state index is 13.8. The number of fused-ring (bicyclic) bond motifs is 2. The molecule has 5 heteroatoms. The number of carbonyl (C=O) groups excluding carboxylic acids is 1. The Balaban J connectivity index is 1.45. The third kappa shape index (κ3) is 3.08. The quantitative estimate of drug-likeness (QED) is 0.145. The van der Waals surface area contributed by atoms with Crippen molar-refractivity contribution in [3.8, 4) is 0 Å². The van der Waals surface area contributed by atoms with Crippen molar-refractivity contribution in [2.75, 3.05) is 4.43 Å². The molecule has 1 saturated heterocycles. The van der Waals surface area contributed by atoms with Crippen LogP contribution < -0.4 is 0 Å². The molecule has 4 bridgehead atoms. The average Bonchev–Trinajstić information content (AvgIpc) is 3.57. The van der Waals surface area contributed by atoms with Crippen molar-refractivity contribution in [3.63, 3.8) is 0 Å². The summed E-state index contributed by atoms with van der Waals surface area (Å²) in [7, 11) is 0. The number of hydrogen-bond acceptors (Lipinski definition) is 3. The fourth-order valence-electron chi connectivity index (χ4n) is 11.3. The van der Waals surface area contributed by atoms with E-state index in [2.05, 4.69) is 49.4 Å². The summed E-state index contributed by atoms with van der Waals surface area (Å²) in [5, 5.41) is 11.3. The smallest absolute Gasteiger partial charge is 0.315 e. The van der Waals surface area contributed by atoms with Gasteiger partial charge in [0.25, 0.3) is 0 Å². The molecule has 0 aromatic rings. The number of rotatable bonds is 7. The van der Waals surface area contributed by atoms with Crippen molar-refractivity contribution in [1.82, 2.24) is 0 Å². The zero-order chi connectivity index (χ0) is 25.5. The molecule has 10 atom stereocenters. The third-order valence-electron chi connectivity index (χ3n) is 12.5. The summed E-state index contributed by atoms with van der Waals surface area (Å²) in [6.45, 7) is 6.63. The van der Waals surface area contributed by atoms with E-state index < -0.39 is 22.2 Å². The molecule has 0 spiro atoms. The Morgan fingerprint density at radius 3 is 2.58 bits per heavy atom. The monoisotopic (exact) mass is 608 g/mol. The Kier molecular flexibility index (Phi) is 6.50. The first-order valence-electron chi connectivity index (χ1n) is 14.9. The predicted octanol–water partition coefficient (Wildman–Crippen LogP) is 7.09.